The van der Waals surface area contributed by atoms with Crippen LogP contribution in [0.5, 0.6) is 0 Å². The number of aryl methyl sites for hydroxylation is 1. The first-order chi connectivity index (χ1) is 14.4. The van der Waals surface area contributed by atoms with Gasteiger partial charge in [-0.15, -0.1) is 21.5 Å². The number of thiazole rings is 1. The molecule has 5 rings (SSSR count). The first-order valence-corrected chi connectivity index (χ1v) is 10.1. The van der Waals surface area contributed by atoms with Crippen molar-refractivity contribution in [2.75, 3.05) is 0 Å². The Kier molecular flexibility index (Phi) is 4.35. The Bertz CT molecular complexity index is 1250. The summed E-state index contributed by atoms with van der Waals surface area (Å²) in [7, 11) is 0. The molecule has 0 radical (unpaired) electrons. The molecule has 4 aromatic rings. The zero-order chi connectivity index (χ0) is 20.9. The zero-order valence-electron chi connectivity index (χ0n) is 15.5. The summed E-state index contributed by atoms with van der Waals surface area (Å²) in [4.78, 5) is 17.6. The van der Waals surface area contributed by atoms with Crippen molar-refractivity contribution in [2.24, 2.45) is 0 Å². The Morgan fingerprint density at radius 2 is 2.13 bits per heavy atom. The maximum absolute atomic E-state index is 13.0. The number of hydrogen-bond acceptors (Lipinski definition) is 5. The van der Waals surface area contributed by atoms with Gasteiger partial charge in [-0.1, -0.05) is 12.1 Å². The second-order valence-electron chi connectivity index (χ2n) is 6.95. The van der Waals surface area contributed by atoms with Crippen molar-refractivity contribution in [3.05, 3.63) is 58.7 Å². The van der Waals surface area contributed by atoms with Gasteiger partial charge < -0.3 is 9.88 Å². The van der Waals surface area contributed by atoms with Crippen LogP contribution in [-0.2, 0) is 25.7 Å². The minimum absolute atomic E-state index is 0.248. The highest BCUT2D eigenvalue weighted by atomic mass is 32.1. The molecule has 30 heavy (non-hydrogen) atoms. The Hall–Kier alpha value is -3.21. The topological polar surface area (TPSA) is 77.1 Å². The number of fused-ring (bicyclic) bond motifs is 2. The number of nitrogens with one attached hydrogen (secondary N) is 1. The van der Waals surface area contributed by atoms with Gasteiger partial charge in [0.05, 0.1) is 17.8 Å². The fourth-order valence-electron chi connectivity index (χ4n) is 3.53. The third-order valence-electron chi connectivity index (χ3n) is 5.02. The highest BCUT2D eigenvalue weighted by Crippen LogP contribution is 2.32. The van der Waals surface area contributed by atoms with Crippen molar-refractivity contribution in [3.8, 4) is 11.3 Å². The first-order valence-electron chi connectivity index (χ1n) is 9.23. The summed E-state index contributed by atoms with van der Waals surface area (Å²) in [5.41, 5.74) is 0.334. The summed E-state index contributed by atoms with van der Waals surface area (Å²) in [5, 5.41) is 12.7. The summed E-state index contributed by atoms with van der Waals surface area (Å²) in [6.45, 7) is 1.09. The van der Waals surface area contributed by atoms with Gasteiger partial charge in [0, 0.05) is 30.1 Å². The highest BCUT2D eigenvalue weighted by Gasteiger charge is 2.30. The van der Waals surface area contributed by atoms with E-state index >= 15 is 0 Å². The molecule has 0 unspecified atom stereocenters. The Labute approximate surface area is 172 Å². The van der Waals surface area contributed by atoms with Crippen LogP contribution in [-0.4, -0.2) is 30.1 Å². The summed E-state index contributed by atoms with van der Waals surface area (Å²) in [6, 6.07) is 4.98. The SMILES string of the molecule is O=C(NCc1nnc2n1CCC2)c1csc2nc(-c3cccc(C(F)(F)F)c3)cn12. The molecule has 1 aromatic carbocycles. The predicted molar refractivity (Wildman–Crippen MR) is 103 cm³/mol. The van der Waals surface area contributed by atoms with E-state index in [2.05, 4.69) is 20.5 Å². The lowest BCUT2D eigenvalue weighted by Crippen LogP contribution is -2.25. The molecular formula is C19H15F3N6OS. The van der Waals surface area contributed by atoms with Gasteiger partial charge in [0.1, 0.15) is 11.5 Å². The molecule has 0 atom stereocenters. The van der Waals surface area contributed by atoms with Crippen molar-refractivity contribution in [2.45, 2.75) is 32.1 Å². The van der Waals surface area contributed by atoms with Crippen LogP contribution >= 0.6 is 11.3 Å². The second kappa shape index (κ2) is 6.94. The Balaban J connectivity index is 1.38. The van der Waals surface area contributed by atoms with E-state index in [4.69, 9.17) is 0 Å². The van der Waals surface area contributed by atoms with Crippen LogP contribution in [0, 0.1) is 0 Å². The Morgan fingerprint density at radius 3 is 2.97 bits per heavy atom. The number of carbonyl (C=O) groups is 1. The molecule has 1 aliphatic heterocycles. The average Bonchev–Trinajstić information content (AvgIpc) is 3.46. The second-order valence-corrected chi connectivity index (χ2v) is 7.79. The minimum Gasteiger partial charge on any atom is -0.343 e. The fraction of sp³-hybridized carbons (Fsp3) is 0.263. The largest absolute Gasteiger partial charge is 0.416 e. The van der Waals surface area contributed by atoms with E-state index in [9.17, 15) is 18.0 Å². The molecule has 1 N–H and O–H groups in total. The summed E-state index contributed by atoms with van der Waals surface area (Å²) in [6.07, 6.45) is -0.950. The quantitative estimate of drug-likeness (QED) is 0.535. The lowest BCUT2D eigenvalue weighted by atomic mass is 10.1. The van der Waals surface area contributed by atoms with Gasteiger partial charge in [0.15, 0.2) is 10.8 Å². The van der Waals surface area contributed by atoms with Gasteiger partial charge in [0.2, 0.25) is 0 Å². The van der Waals surface area contributed by atoms with E-state index in [0.717, 1.165) is 37.3 Å². The fourth-order valence-corrected chi connectivity index (χ4v) is 4.39. The molecule has 1 amide bonds. The third-order valence-corrected chi connectivity index (χ3v) is 5.86. The molecule has 0 aliphatic carbocycles. The number of nitrogens with zero attached hydrogens (tertiary/aromatic N) is 5. The molecule has 0 fully saturated rings. The number of alkyl halides is 3. The smallest absolute Gasteiger partial charge is 0.343 e. The van der Waals surface area contributed by atoms with Gasteiger partial charge >= 0.3 is 6.18 Å². The van der Waals surface area contributed by atoms with Gasteiger partial charge in [-0.2, -0.15) is 13.2 Å². The van der Waals surface area contributed by atoms with Crippen molar-refractivity contribution < 1.29 is 18.0 Å². The molecule has 11 heteroatoms. The average molecular weight is 432 g/mol. The molecule has 4 heterocycles. The number of hydrogen-bond donors (Lipinski definition) is 1. The number of carbonyl (C=O) groups excluding carboxylic acids is 1. The van der Waals surface area contributed by atoms with Crippen molar-refractivity contribution in [1.29, 1.82) is 0 Å². The molecule has 1 aliphatic rings. The zero-order valence-corrected chi connectivity index (χ0v) is 16.3. The maximum Gasteiger partial charge on any atom is 0.416 e. The van der Waals surface area contributed by atoms with Crippen LogP contribution in [0.3, 0.4) is 0 Å². The summed E-state index contributed by atoms with van der Waals surface area (Å²) >= 11 is 1.25. The van der Waals surface area contributed by atoms with Crippen LogP contribution in [0.2, 0.25) is 0 Å². The van der Waals surface area contributed by atoms with Gasteiger partial charge in [0.25, 0.3) is 5.91 Å². The van der Waals surface area contributed by atoms with Crippen molar-refractivity contribution in [1.82, 2.24) is 29.5 Å². The predicted octanol–water partition coefficient (Wildman–Crippen LogP) is 3.55. The molecule has 0 saturated carbocycles. The lowest BCUT2D eigenvalue weighted by Gasteiger charge is -2.07. The van der Waals surface area contributed by atoms with Crippen molar-refractivity contribution in [3.63, 3.8) is 0 Å². The van der Waals surface area contributed by atoms with Gasteiger partial charge in [-0.05, 0) is 18.6 Å². The van der Waals surface area contributed by atoms with Crippen LogP contribution in [0.15, 0.2) is 35.8 Å². The van der Waals surface area contributed by atoms with E-state index < -0.39 is 11.7 Å². The molecule has 7 nitrogen and oxygen atoms in total. The number of amides is 1. The third kappa shape index (κ3) is 3.24. The summed E-state index contributed by atoms with van der Waals surface area (Å²) in [5.74, 6) is 1.32. The standard InChI is InChI=1S/C19H15F3N6OS/c20-19(21,22)12-4-1-3-11(7-12)13-9-28-14(10-30-18(28)24-13)17(29)23-8-16-26-25-15-5-2-6-27(15)16/h1,3-4,7,9-10H,2,5-6,8H2,(H,23,29). The maximum atomic E-state index is 13.0. The summed E-state index contributed by atoms with van der Waals surface area (Å²) < 4.78 is 42.6. The number of imidazole rings is 1. The van der Waals surface area contributed by atoms with E-state index in [1.807, 2.05) is 4.57 Å². The van der Waals surface area contributed by atoms with Crippen LogP contribution < -0.4 is 5.32 Å². The van der Waals surface area contributed by atoms with Crippen LogP contribution in [0.4, 0.5) is 13.2 Å². The van der Waals surface area contributed by atoms with E-state index in [1.165, 1.54) is 17.4 Å². The van der Waals surface area contributed by atoms with Crippen LogP contribution in [0.25, 0.3) is 16.2 Å². The minimum atomic E-state index is -4.43. The normalized spacial score (nSPS) is 13.7. The van der Waals surface area contributed by atoms with Gasteiger partial charge in [-0.3, -0.25) is 9.20 Å². The van der Waals surface area contributed by atoms with Crippen molar-refractivity contribution >= 4 is 22.2 Å². The first kappa shape index (κ1) is 18.8. The van der Waals surface area contributed by atoms with E-state index in [0.29, 0.717) is 27.7 Å². The van der Waals surface area contributed by atoms with Crippen LogP contribution in [0.1, 0.15) is 34.1 Å². The molecule has 3 aromatic heterocycles. The molecule has 0 bridgehead atoms. The molecule has 0 saturated heterocycles. The van der Waals surface area contributed by atoms with E-state index in [1.54, 1.807) is 22.0 Å². The molecule has 0 spiro atoms. The van der Waals surface area contributed by atoms with Gasteiger partial charge in [-0.25, -0.2) is 4.98 Å². The molecule has 154 valence electrons. The lowest BCUT2D eigenvalue weighted by molar-refractivity contribution is -0.137. The number of benzene rings is 1. The Morgan fingerprint density at radius 1 is 1.27 bits per heavy atom. The number of halogens is 3. The van der Waals surface area contributed by atoms with E-state index in [-0.39, 0.29) is 12.5 Å². The molecular weight excluding hydrogens is 417 g/mol. The number of rotatable bonds is 4. The number of aromatic nitrogens is 5. The monoisotopic (exact) mass is 432 g/mol. The highest BCUT2D eigenvalue weighted by molar-refractivity contribution is 7.15.